The Morgan fingerprint density at radius 1 is 0.333 bits per heavy atom. The number of carbonyl (C=O) groups excluding carboxylic acids is 2. The van der Waals surface area contributed by atoms with Crippen LogP contribution in [0, 0.1) is 0 Å². The van der Waals surface area contributed by atoms with Crippen molar-refractivity contribution in [3.63, 3.8) is 0 Å². The number of carbonyl (C=O) groups is 2. The first kappa shape index (κ1) is 81.8. The van der Waals surface area contributed by atoms with Gasteiger partial charge in [-0.25, -0.2) is 0 Å². The molecule has 494 valence electrons. The minimum atomic E-state index is -0.849. The van der Waals surface area contributed by atoms with E-state index in [4.69, 9.17) is 4.74 Å². The number of hydrogen-bond donors (Lipinski definition) is 3. The van der Waals surface area contributed by atoms with Gasteiger partial charge in [-0.15, -0.1) is 0 Å². The molecule has 0 aliphatic carbocycles. The van der Waals surface area contributed by atoms with Gasteiger partial charge in [0.2, 0.25) is 5.91 Å². The first-order chi connectivity index (χ1) is 41.5. The molecule has 0 heterocycles. The monoisotopic (exact) mass is 1180 g/mol. The van der Waals surface area contributed by atoms with Crippen LogP contribution in [0.25, 0.3) is 0 Å². The second-order valence-electron chi connectivity index (χ2n) is 26.0. The van der Waals surface area contributed by atoms with Crippen LogP contribution in [0.1, 0.15) is 412 Å². The molecule has 0 aliphatic heterocycles. The molecular formula is C78H147NO5. The third kappa shape index (κ3) is 68.9. The van der Waals surface area contributed by atoms with E-state index in [0.717, 1.165) is 51.4 Å². The van der Waals surface area contributed by atoms with Crippen LogP contribution in [-0.4, -0.2) is 47.4 Å². The lowest BCUT2D eigenvalue weighted by Gasteiger charge is -2.20. The minimum Gasteiger partial charge on any atom is -0.466 e. The average Bonchev–Trinajstić information content (AvgIpc) is 3.51. The zero-order valence-electron chi connectivity index (χ0n) is 56.6. The maximum Gasteiger partial charge on any atom is 0.305 e. The molecule has 0 aromatic rings. The molecule has 0 spiro atoms. The zero-order valence-corrected chi connectivity index (χ0v) is 56.6. The third-order valence-electron chi connectivity index (χ3n) is 17.6. The fraction of sp³-hybridized carbons (Fsp3) is 0.872. The smallest absolute Gasteiger partial charge is 0.305 e. The highest BCUT2D eigenvalue weighted by molar-refractivity contribution is 5.76. The first-order valence-corrected chi connectivity index (χ1v) is 37.9. The molecule has 0 rings (SSSR count). The Morgan fingerprint density at radius 3 is 0.917 bits per heavy atom. The SMILES string of the molecule is CCCCCCCC/C=C\CCCCCCCC(=O)OCCCCCCCCCCC/C=C\C/C=C\CCCCCCCCCCCCCC(=O)NC(CO)C(O)/C=C/CCCCCCCCCCCCCCCCCCCCCCCCC. The van der Waals surface area contributed by atoms with Crippen molar-refractivity contribution in [3.8, 4) is 0 Å². The molecule has 2 unspecified atom stereocenters. The second-order valence-corrected chi connectivity index (χ2v) is 26.0. The van der Waals surface area contributed by atoms with Gasteiger partial charge in [-0.2, -0.15) is 0 Å². The lowest BCUT2D eigenvalue weighted by molar-refractivity contribution is -0.143. The van der Waals surface area contributed by atoms with Crippen LogP contribution < -0.4 is 5.32 Å². The van der Waals surface area contributed by atoms with Crippen LogP contribution in [0.5, 0.6) is 0 Å². The molecular weight excluding hydrogens is 1030 g/mol. The molecule has 0 aliphatic rings. The molecule has 2 atom stereocenters. The summed E-state index contributed by atoms with van der Waals surface area (Å²) in [5, 5.41) is 23.3. The molecule has 6 nitrogen and oxygen atoms in total. The topological polar surface area (TPSA) is 95.9 Å². The van der Waals surface area contributed by atoms with Gasteiger partial charge >= 0.3 is 5.97 Å². The number of esters is 1. The fourth-order valence-corrected chi connectivity index (χ4v) is 11.8. The molecule has 3 N–H and O–H groups in total. The maximum atomic E-state index is 12.5. The van der Waals surface area contributed by atoms with Crippen molar-refractivity contribution < 1.29 is 24.5 Å². The highest BCUT2D eigenvalue weighted by Crippen LogP contribution is 2.19. The maximum absolute atomic E-state index is 12.5. The highest BCUT2D eigenvalue weighted by atomic mass is 16.5. The van der Waals surface area contributed by atoms with E-state index in [0.29, 0.717) is 19.4 Å². The van der Waals surface area contributed by atoms with Gasteiger partial charge in [0.1, 0.15) is 0 Å². The summed E-state index contributed by atoms with van der Waals surface area (Å²) in [6.07, 6.45) is 96.4. The van der Waals surface area contributed by atoms with E-state index in [1.807, 2.05) is 6.08 Å². The molecule has 0 aromatic heterocycles. The average molecular weight is 1180 g/mol. The summed E-state index contributed by atoms with van der Waals surface area (Å²) in [5.41, 5.74) is 0. The number of ether oxygens (including phenoxy) is 1. The van der Waals surface area contributed by atoms with Crippen molar-refractivity contribution >= 4 is 11.9 Å². The number of nitrogens with one attached hydrogen (secondary N) is 1. The Kier molecular flexibility index (Phi) is 71.4. The summed E-state index contributed by atoms with van der Waals surface area (Å²) in [4.78, 5) is 24.6. The lowest BCUT2D eigenvalue weighted by Crippen LogP contribution is -2.45. The normalized spacial score (nSPS) is 12.8. The Hall–Kier alpha value is -2.18. The number of aliphatic hydroxyl groups excluding tert-OH is 2. The molecule has 6 heteroatoms. The summed E-state index contributed by atoms with van der Waals surface area (Å²) < 4.78 is 5.49. The van der Waals surface area contributed by atoms with E-state index in [1.165, 1.54) is 334 Å². The van der Waals surface area contributed by atoms with Crippen LogP contribution in [0.15, 0.2) is 48.6 Å². The Labute approximate surface area is 525 Å². The van der Waals surface area contributed by atoms with Crippen LogP contribution in [0.3, 0.4) is 0 Å². The Balaban J connectivity index is 3.45. The van der Waals surface area contributed by atoms with Crippen LogP contribution in [0.4, 0.5) is 0 Å². The molecule has 0 fully saturated rings. The molecule has 1 amide bonds. The minimum absolute atomic E-state index is 0.00274. The number of unbranched alkanes of at least 4 members (excludes halogenated alkanes) is 54. The van der Waals surface area contributed by atoms with Gasteiger partial charge in [-0.1, -0.05) is 358 Å². The summed E-state index contributed by atoms with van der Waals surface area (Å²) in [6.45, 7) is 4.93. The second kappa shape index (κ2) is 73.3. The summed E-state index contributed by atoms with van der Waals surface area (Å²) >= 11 is 0. The van der Waals surface area contributed by atoms with Crippen molar-refractivity contribution in [3.05, 3.63) is 48.6 Å². The lowest BCUT2D eigenvalue weighted by atomic mass is 10.0. The van der Waals surface area contributed by atoms with E-state index in [1.54, 1.807) is 6.08 Å². The number of allylic oxidation sites excluding steroid dienone is 7. The standard InChI is InChI=1S/C78H147NO5/c1-3-5-7-9-11-13-15-17-19-20-21-22-23-27-30-33-36-39-43-46-50-54-58-62-66-70-76(81)75(74-80)79-77(82)71-67-63-59-55-51-47-44-40-37-34-31-28-25-24-26-29-32-35-38-41-45-49-53-57-61-65-69-73-84-78(83)72-68-64-60-56-52-48-42-18-16-14-12-10-8-6-4-2/h18,24-25,29,32,42,66,70,75-76,80-81H,3-17,19-23,26-28,30-31,33-41,43-65,67-69,71-74H2,1-2H3,(H,79,82)/b25-24-,32-29-,42-18-,70-66+. The van der Waals surface area contributed by atoms with Crippen molar-refractivity contribution in [1.82, 2.24) is 5.32 Å². The molecule has 0 radical (unpaired) electrons. The Morgan fingerprint density at radius 2 is 0.595 bits per heavy atom. The van der Waals surface area contributed by atoms with Crippen LogP contribution >= 0.6 is 0 Å². The van der Waals surface area contributed by atoms with E-state index in [9.17, 15) is 19.8 Å². The molecule has 0 saturated carbocycles. The summed E-state index contributed by atoms with van der Waals surface area (Å²) in [5.74, 6) is -0.0644. The van der Waals surface area contributed by atoms with Crippen LogP contribution in [0.2, 0.25) is 0 Å². The Bertz CT molecular complexity index is 1400. The molecule has 0 saturated heterocycles. The van der Waals surface area contributed by atoms with E-state index >= 15 is 0 Å². The number of amides is 1. The molecule has 0 aromatic carbocycles. The quantitative estimate of drug-likeness (QED) is 0.0320. The fourth-order valence-electron chi connectivity index (χ4n) is 11.8. The van der Waals surface area contributed by atoms with Crippen LogP contribution in [-0.2, 0) is 14.3 Å². The van der Waals surface area contributed by atoms with Crippen molar-refractivity contribution in [2.24, 2.45) is 0 Å². The van der Waals surface area contributed by atoms with E-state index in [2.05, 4.69) is 55.6 Å². The number of hydrogen-bond acceptors (Lipinski definition) is 5. The van der Waals surface area contributed by atoms with Gasteiger partial charge < -0.3 is 20.3 Å². The number of aliphatic hydroxyl groups is 2. The molecule has 84 heavy (non-hydrogen) atoms. The summed E-state index contributed by atoms with van der Waals surface area (Å²) in [7, 11) is 0. The predicted octanol–water partition coefficient (Wildman–Crippen LogP) is 24.8. The van der Waals surface area contributed by atoms with E-state index < -0.39 is 12.1 Å². The largest absolute Gasteiger partial charge is 0.466 e. The summed E-state index contributed by atoms with van der Waals surface area (Å²) in [6, 6.07) is -0.633. The zero-order chi connectivity index (χ0) is 60.6. The van der Waals surface area contributed by atoms with Gasteiger partial charge in [0.15, 0.2) is 0 Å². The first-order valence-electron chi connectivity index (χ1n) is 37.9. The van der Waals surface area contributed by atoms with Gasteiger partial charge in [0.25, 0.3) is 0 Å². The van der Waals surface area contributed by atoms with Crippen molar-refractivity contribution in [2.45, 2.75) is 424 Å². The van der Waals surface area contributed by atoms with Gasteiger partial charge in [-0.05, 0) is 89.9 Å². The third-order valence-corrected chi connectivity index (χ3v) is 17.6. The number of rotatable bonds is 71. The van der Waals surface area contributed by atoms with Gasteiger partial charge in [0.05, 0.1) is 25.4 Å². The van der Waals surface area contributed by atoms with E-state index in [-0.39, 0.29) is 18.5 Å². The van der Waals surface area contributed by atoms with Gasteiger partial charge in [-0.3, -0.25) is 9.59 Å². The highest BCUT2D eigenvalue weighted by Gasteiger charge is 2.18. The van der Waals surface area contributed by atoms with Crippen molar-refractivity contribution in [1.29, 1.82) is 0 Å². The molecule has 0 bridgehead atoms. The predicted molar refractivity (Wildman–Crippen MR) is 370 cm³/mol. The van der Waals surface area contributed by atoms with Crippen molar-refractivity contribution in [2.75, 3.05) is 13.2 Å². The van der Waals surface area contributed by atoms with Gasteiger partial charge in [0, 0.05) is 12.8 Å².